The van der Waals surface area contributed by atoms with Crippen molar-refractivity contribution < 1.29 is 9.72 Å². The van der Waals surface area contributed by atoms with E-state index < -0.39 is 22.7 Å². The zero-order valence-corrected chi connectivity index (χ0v) is 13.5. The standard InChI is InChI=1S/C19H18N2O3/c1-13(22)19(21(23)24)18(14-8-4-3-5-9-14)16-12-20(2)17-11-7-6-10-15(16)17/h3-12,18-19H,1-2H3/t18-,19+/m1/s1. The van der Waals surface area contributed by atoms with E-state index in [1.165, 1.54) is 6.92 Å². The summed E-state index contributed by atoms with van der Waals surface area (Å²) in [5.74, 6) is -1.06. The van der Waals surface area contributed by atoms with Crippen LogP contribution in [0, 0.1) is 10.1 Å². The summed E-state index contributed by atoms with van der Waals surface area (Å²) >= 11 is 0. The summed E-state index contributed by atoms with van der Waals surface area (Å²) in [6, 6.07) is 15.7. The quantitative estimate of drug-likeness (QED) is 0.533. The summed E-state index contributed by atoms with van der Waals surface area (Å²) in [6.07, 6.45) is 1.89. The maximum absolute atomic E-state index is 12.1. The highest BCUT2D eigenvalue weighted by atomic mass is 16.6. The van der Waals surface area contributed by atoms with Crippen LogP contribution in [-0.4, -0.2) is 21.3 Å². The first-order valence-corrected chi connectivity index (χ1v) is 7.73. The van der Waals surface area contributed by atoms with Crippen molar-refractivity contribution in [2.24, 2.45) is 7.05 Å². The largest absolute Gasteiger partial charge is 0.350 e. The van der Waals surface area contributed by atoms with Crippen molar-refractivity contribution in [2.75, 3.05) is 0 Å². The molecule has 2 atom stereocenters. The molecule has 0 aliphatic carbocycles. The normalized spacial score (nSPS) is 13.6. The predicted molar refractivity (Wildman–Crippen MR) is 92.7 cm³/mol. The Morgan fingerprint density at radius 2 is 1.71 bits per heavy atom. The zero-order valence-electron chi connectivity index (χ0n) is 13.5. The molecule has 5 nitrogen and oxygen atoms in total. The first kappa shape index (κ1) is 15.9. The lowest BCUT2D eigenvalue weighted by Crippen LogP contribution is -2.34. The van der Waals surface area contributed by atoms with Gasteiger partial charge in [0, 0.05) is 36.0 Å². The number of ketones is 1. The van der Waals surface area contributed by atoms with Crippen LogP contribution >= 0.6 is 0 Å². The highest BCUT2D eigenvalue weighted by Gasteiger charge is 2.39. The fourth-order valence-electron chi connectivity index (χ4n) is 3.32. The molecule has 2 aromatic carbocycles. The van der Waals surface area contributed by atoms with Gasteiger partial charge in [0.2, 0.25) is 5.78 Å². The topological polar surface area (TPSA) is 65.1 Å². The number of nitro groups is 1. The first-order valence-electron chi connectivity index (χ1n) is 7.73. The van der Waals surface area contributed by atoms with Crippen molar-refractivity contribution in [3.05, 3.63) is 82.0 Å². The van der Waals surface area contributed by atoms with Crippen LogP contribution in [0.3, 0.4) is 0 Å². The van der Waals surface area contributed by atoms with Crippen molar-refractivity contribution >= 4 is 16.7 Å². The molecule has 3 aromatic rings. The number of hydrogen-bond donors (Lipinski definition) is 0. The summed E-state index contributed by atoms with van der Waals surface area (Å²) in [5.41, 5.74) is 2.56. The molecule has 122 valence electrons. The van der Waals surface area contributed by atoms with Crippen LogP contribution in [0.2, 0.25) is 0 Å². The Balaban J connectivity index is 2.28. The number of aryl methyl sites for hydroxylation is 1. The fraction of sp³-hybridized carbons (Fsp3) is 0.211. The number of carbonyl (C=O) groups is 1. The van der Waals surface area contributed by atoms with Crippen LogP contribution in [-0.2, 0) is 11.8 Å². The summed E-state index contributed by atoms with van der Waals surface area (Å²) in [7, 11) is 1.91. The van der Waals surface area contributed by atoms with Gasteiger partial charge >= 0.3 is 0 Å². The maximum Gasteiger partial charge on any atom is 0.280 e. The Kier molecular flexibility index (Phi) is 4.16. The zero-order chi connectivity index (χ0) is 17.3. The van der Waals surface area contributed by atoms with Crippen LogP contribution < -0.4 is 0 Å². The highest BCUT2D eigenvalue weighted by Crippen LogP contribution is 2.35. The number of carbonyl (C=O) groups excluding carboxylic acids is 1. The number of aromatic nitrogens is 1. The molecule has 0 amide bonds. The minimum atomic E-state index is -1.31. The molecule has 0 fully saturated rings. The Bertz CT molecular complexity index is 885. The minimum Gasteiger partial charge on any atom is -0.350 e. The molecule has 0 bridgehead atoms. The molecule has 0 spiro atoms. The number of fused-ring (bicyclic) bond motifs is 1. The molecule has 0 saturated carbocycles. The third-order valence-corrected chi connectivity index (χ3v) is 4.38. The van der Waals surface area contributed by atoms with E-state index in [9.17, 15) is 14.9 Å². The van der Waals surface area contributed by atoms with Crippen LogP contribution in [0.4, 0.5) is 0 Å². The van der Waals surface area contributed by atoms with Crippen molar-refractivity contribution in [3.63, 3.8) is 0 Å². The van der Waals surface area contributed by atoms with E-state index in [-0.39, 0.29) is 0 Å². The number of Topliss-reactive ketones (excluding diaryl/α,β-unsaturated/α-hetero) is 1. The smallest absolute Gasteiger partial charge is 0.280 e. The summed E-state index contributed by atoms with van der Waals surface area (Å²) in [5, 5.41) is 12.6. The summed E-state index contributed by atoms with van der Waals surface area (Å²) in [4.78, 5) is 23.2. The van der Waals surface area contributed by atoms with E-state index in [1.54, 1.807) is 0 Å². The van der Waals surface area contributed by atoms with E-state index in [2.05, 4.69) is 0 Å². The van der Waals surface area contributed by atoms with Crippen LogP contribution in [0.5, 0.6) is 0 Å². The third kappa shape index (κ3) is 2.69. The number of nitrogens with zero attached hydrogens (tertiary/aromatic N) is 2. The SMILES string of the molecule is CC(=O)[C@@H]([C@H](c1ccccc1)c1cn(C)c2ccccc12)[N+](=O)[O-]. The van der Waals surface area contributed by atoms with Gasteiger partial charge in [-0.3, -0.25) is 14.9 Å². The van der Waals surface area contributed by atoms with E-state index in [1.807, 2.05) is 72.4 Å². The molecule has 0 radical (unpaired) electrons. The Hall–Kier alpha value is -2.95. The van der Waals surface area contributed by atoms with Crippen molar-refractivity contribution in [2.45, 2.75) is 18.9 Å². The van der Waals surface area contributed by atoms with Gasteiger partial charge in [-0.2, -0.15) is 0 Å². The number of para-hydroxylation sites is 1. The lowest BCUT2D eigenvalue weighted by molar-refractivity contribution is -0.509. The fourth-order valence-corrected chi connectivity index (χ4v) is 3.32. The van der Waals surface area contributed by atoms with Gasteiger partial charge in [0.15, 0.2) is 0 Å². The molecule has 0 aliphatic heterocycles. The Morgan fingerprint density at radius 1 is 1.08 bits per heavy atom. The van der Waals surface area contributed by atoms with Crippen LogP contribution in [0.15, 0.2) is 60.8 Å². The van der Waals surface area contributed by atoms with Gasteiger partial charge in [-0.05, 0) is 17.2 Å². The lowest BCUT2D eigenvalue weighted by atomic mass is 9.83. The van der Waals surface area contributed by atoms with Gasteiger partial charge in [-0.25, -0.2) is 0 Å². The van der Waals surface area contributed by atoms with E-state index in [4.69, 9.17) is 0 Å². The minimum absolute atomic E-state index is 0.443. The molecule has 0 aliphatic rings. The monoisotopic (exact) mass is 322 g/mol. The molecule has 0 N–H and O–H groups in total. The van der Waals surface area contributed by atoms with Crippen molar-refractivity contribution in [1.82, 2.24) is 4.57 Å². The van der Waals surface area contributed by atoms with Crippen LogP contribution in [0.1, 0.15) is 24.0 Å². The Morgan fingerprint density at radius 3 is 2.33 bits per heavy atom. The molecule has 0 saturated heterocycles. The number of benzene rings is 2. The van der Waals surface area contributed by atoms with Crippen molar-refractivity contribution in [3.8, 4) is 0 Å². The second-order valence-corrected chi connectivity index (χ2v) is 5.94. The van der Waals surface area contributed by atoms with Gasteiger partial charge in [-0.1, -0.05) is 48.5 Å². The molecule has 1 heterocycles. The summed E-state index contributed by atoms with van der Waals surface area (Å²) < 4.78 is 1.94. The lowest BCUT2D eigenvalue weighted by Gasteiger charge is -2.19. The molecular weight excluding hydrogens is 304 g/mol. The molecule has 1 aromatic heterocycles. The summed E-state index contributed by atoms with van der Waals surface area (Å²) in [6.45, 7) is 1.29. The predicted octanol–water partition coefficient (Wildman–Crippen LogP) is 3.54. The van der Waals surface area contributed by atoms with Crippen LogP contribution in [0.25, 0.3) is 10.9 Å². The average Bonchev–Trinajstić information content (AvgIpc) is 2.89. The van der Waals surface area contributed by atoms with Gasteiger partial charge in [0.05, 0.1) is 5.92 Å². The third-order valence-electron chi connectivity index (χ3n) is 4.38. The molecular formula is C19H18N2O3. The van der Waals surface area contributed by atoms with Gasteiger partial charge in [0.1, 0.15) is 0 Å². The average molecular weight is 322 g/mol. The van der Waals surface area contributed by atoms with Gasteiger partial charge in [0.25, 0.3) is 6.04 Å². The molecule has 3 rings (SSSR count). The van der Waals surface area contributed by atoms with E-state index in [0.717, 1.165) is 22.0 Å². The second kappa shape index (κ2) is 6.28. The van der Waals surface area contributed by atoms with E-state index >= 15 is 0 Å². The second-order valence-electron chi connectivity index (χ2n) is 5.94. The highest BCUT2D eigenvalue weighted by molar-refractivity contribution is 5.88. The van der Waals surface area contributed by atoms with Gasteiger partial charge < -0.3 is 4.57 Å². The van der Waals surface area contributed by atoms with E-state index in [0.29, 0.717) is 0 Å². The van der Waals surface area contributed by atoms with Crippen molar-refractivity contribution in [1.29, 1.82) is 0 Å². The molecule has 0 unspecified atom stereocenters. The molecule has 24 heavy (non-hydrogen) atoms. The first-order chi connectivity index (χ1) is 11.5. The number of hydrogen-bond acceptors (Lipinski definition) is 3. The Labute approximate surface area is 139 Å². The number of rotatable bonds is 5. The van der Waals surface area contributed by atoms with Gasteiger partial charge in [-0.15, -0.1) is 0 Å². The maximum atomic E-state index is 12.1. The molecule has 5 heteroatoms.